The molecule has 0 bridgehead atoms. The summed E-state index contributed by atoms with van der Waals surface area (Å²) in [6.07, 6.45) is 1.61. The predicted molar refractivity (Wildman–Crippen MR) is 70.5 cm³/mol. The van der Waals surface area contributed by atoms with E-state index in [9.17, 15) is 0 Å². The minimum atomic E-state index is 0.155. The maximum Gasteiger partial charge on any atom is 0.140 e. The van der Waals surface area contributed by atoms with Gasteiger partial charge in [0.15, 0.2) is 0 Å². The van der Waals surface area contributed by atoms with E-state index in [0.29, 0.717) is 18.2 Å². The van der Waals surface area contributed by atoms with Crippen LogP contribution in [-0.4, -0.2) is 24.9 Å². The Balaban J connectivity index is 2.45. The van der Waals surface area contributed by atoms with E-state index in [1.54, 1.807) is 0 Å². The first-order valence-corrected chi connectivity index (χ1v) is 6.25. The van der Waals surface area contributed by atoms with Gasteiger partial charge in [-0.25, -0.2) is 0 Å². The second kappa shape index (κ2) is 7.54. The van der Waals surface area contributed by atoms with Crippen LogP contribution in [0, 0.1) is 12.8 Å². The van der Waals surface area contributed by atoms with Gasteiger partial charge in [-0.3, -0.25) is 0 Å². The van der Waals surface area contributed by atoms with Crippen LogP contribution in [0.2, 0.25) is 5.02 Å². The van der Waals surface area contributed by atoms with Gasteiger partial charge in [-0.15, -0.1) is 0 Å². The molecule has 0 fully saturated rings. The molecular formula is C13H20ClNO2. The van der Waals surface area contributed by atoms with Crippen molar-refractivity contribution in [3.05, 3.63) is 28.8 Å². The monoisotopic (exact) mass is 257 g/mol. The van der Waals surface area contributed by atoms with Gasteiger partial charge in [0, 0.05) is 6.61 Å². The zero-order valence-electron chi connectivity index (χ0n) is 10.2. The fourth-order valence-corrected chi connectivity index (χ4v) is 1.97. The molecule has 0 unspecified atom stereocenters. The summed E-state index contributed by atoms with van der Waals surface area (Å²) in [6.45, 7) is 3.26. The summed E-state index contributed by atoms with van der Waals surface area (Å²) in [7, 11) is 0. The van der Waals surface area contributed by atoms with Crippen LogP contribution in [0.5, 0.6) is 5.75 Å². The number of hydrogen-bond donors (Lipinski definition) is 2. The summed E-state index contributed by atoms with van der Waals surface area (Å²) in [6, 6.07) is 5.67. The summed E-state index contributed by atoms with van der Waals surface area (Å²) in [5, 5.41) is 9.76. The second-order valence-corrected chi connectivity index (χ2v) is 4.56. The number of benzene rings is 1. The average Bonchev–Trinajstić information content (AvgIpc) is 2.31. The zero-order chi connectivity index (χ0) is 12.7. The summed E-state index contributed by atoms with van der Waals surface area (Å²) < 4.78 is 5.66. The van der Waals surface area contributed by atoms with Crippen LogP contribution in [0.25, 0.3) is 0 Å². The lowest BCUT2D eigenvalue weighted by Crippen LogP contribution is -2.15. The summed E-state index contributed by atoms with van der Waals surface area (Å²) >= 11 is 6.05. The van der Waals surface area contributed by atoms with Gasteiger partial charge in [-0.1, -0.05) is 23.7 Å². The Labute approximate surface area is 108 Å². The van der Waals surface area contributed by atoms with E-state index in [4.69, 9.17) is 27.2 Å². The molecule has 0 aliphatic heterocycles. The van der Waals surface area contributed by atoms with Crippen molar-refractivity contribution in [1.29, 1.82) is 0 Å². The van der Waals surface area contributed by atoms with Crippen molar-refractivity contribution in [2.24, 2.45) is 11.7 Å². The van der Waals surface area contributed by atoms with Gasteiger partial charge in [0.25, 0.3) is 0 Å². The van der Waals surface area contributed by atoms with Crippen LogP contribution in [0.15, 0.2) is 18.2 Å². The topological polar surface area (TPSA) is 55.5 Å². The first-order chi connectivity index (χ1) is 8.19. The predicted octanol–water partition coefficient (Wildman–Crippen LogP) is 2.37. The van der Waals surface area contributed by atoms with Crippen molar-refractivity contribution in [2.75, 3.05) is 19.8 Å². The van der Waals surface area contributed by atoms with Crippen molar-refractivity contribution in [3.63, 3.8) is 0 Å². The number of para-hydroxylation sites is 1. The van der Waals surface area contributed by atoms with Crippen LogP contribution in [0.1, 0.15) is 18.4 Å². The second-order valence-electron chi connectivity index (χ2n) is 4.15. The molecule has 3 nitrogen and oxygen atoms in total. The van der Waals surface area contributed by atoms with Crippen molar-refractivity contribution < 1.29 is 9.84 Å². The zero-order valence-corrected chi connectivity index (χ0v) is 10.9. The molecule has 0 radical (unpaired) electrons. The highest BCUT2D eigenvalue weighted by molar-refractivity contribution is 6.32. The third-order valence-corrected chi connectivity index (χ3v) is 3.07. The Morgan fingerprint density at radius 2 is 2.18 bits per heavy atom. The quantitative estimate of drug-likeness (QED) is 0.789. The normalized spacial score (nSPS) is 12.5. The number of aryl methyl sites for hydroxylation is 1. The number of rotatable bonds is 7. The lowest BCUT2D eigenvalue weighted by molar-refractivity contribution is 0.185. The number of hydrogen-bond acceptors (Lipinski definition) is 3. The minimum absolute atomic E-state index is 0.155. The smallest absolute Gasteiger partial charge is 0.140 e. The van der Waals surface area contributed by atoms with Crippen molar-refractivity contribution in [3.8, 4) is 5.75 Å². The maximum atomic E-state index is 9.13. The largest absolute Gasteiger partial charge is 0.492 e. The van der Waals surface area contributed by atoms with Crippen LogP contribution in [0.4, 0.5) is 0 Å². The Hall–Kier alpha value is -0.770. The van der Waals surface area contributed by atoms with Crippen molar-refractivity contribution in [1.82, 2.24) is 0 Å². The molecule has 1 atom stereocenters. The molecule has 3 N–H and O–H groups in total. The van der Waals surface area contributed by atoms with E-state index >= 15 is 0 Å². The lowest BCUT2D eigenvalue weighted by atomic mass is 10.0. The van der Waals surface area contributed by atoms with Crippen LogP contribution in [-0.2, 0) is 0 Å². The molecule has 96 valence electrons. The number of aliphatic hydroxyl groups excluding tert-OH is 1. The standard InChI is InChI=1S/C13H20ClNO2/c1-10-3-2-4-12(14)13(10)17-8-6-11(9-16)5-7-15/h2-4,11,16H,5-9,15H2,1H3/t11-/m1/s1. The lowest BCUT2D eigenvalue weighted by Gasteiger charge is -2.15. The van der Waals surface area contributed by atoms with Crippen molar-refractivity contribution in [2.45, 2.75) is 19.8 Å². The highest BCUT2D eigenvalue weighted by atomic mass is 35.5. The summed E-state index contributed by atoms with van der Waals surface area (Å²) in [4.78, 5) is 0. The Kier molecular flexibility index (Phi) is 6.34. The Bertz CT molecular complexity index is 324. The molecule has 0 heterocycles. The minimum Gasteiger partial charge on any atom is -0.492 e. The van der Waals surface area contributed by atoms with Crippen molar-refractivity contribution >= 4 is 11.6 Å². The van der Waals surface area contributed by atoms with Gasteiger partial charge >= 0.3 is 0 Å². The fourth-order valence-electron chi connectivity index (χ4n) is 1.69. The molecule has 0 aromatic heterocycles. The highest BCUT2D eigenvalue weighted by Crippen LogP contribution is 2.28. The summed E-state index contributed by atoms with van der Waals surface area (Å²) in [5.74, 6) is 0.946. The van der Waals surface area contributed by atoms with Gasteiger partial charge in [-0.2, -0.15) is 0 Å². The molecule has 0 aliphatic carbocycles. The molecule has 1 rings (SSSR count). The summed E-state index contributed by atoms with van der Waals surface area (Å²) in [5.41, 5.74) is 6.49. The van der Waals surface area contributed by atoms with Gasteiger partial charge < -0.3 is 15.6 Å². The Morgan fingerprint density at radius 1 is 1.41 bits per heavy atom. The molecule has 1 aromatic rings. The Morgan fingerprint density at radius 3 is 2.76 bits per heavy atom. The molecule has 0 saturated carbocycles. The van der Waals surface area contributed by atoms with E-state index in [2.05, 4.69) is 0 Å². The van der Waals surface area contributed by atoms with Crippen LogP contribution in [0.3, 0.4) is 0 Å². The fraction of sp³-hybridized carbons (Fsp3) is 0.538. The first-order valence-electron chi connectivity index (χ1n) is 5.88. The maximum absolute atomic E-state index is 9.13. The molecule has 17 heavy (non-hydrogen) atoms. The third-order valence-electron chi connectivity index (χ3n) is 2.77. The van der Waals surface area contributed by atoms with Crippen LogP contribution < -0.4 is 10.5 Å². The SMILES string of the molecule is Cc1cccc(Cl)c1OCC[C@H](CO)CCN. The van der Waals surface area contributed by atoms with Crippen LogP contribution >= 0.6 is 11.6 Å². The third kappa shape index (κ3) is 4.54. The number of aliphatic hydroxyl groups is 1. The number of ether oxygens (including phenoxy) is 1. The molecule has 0 saturated heterocycles. The van der Waals surface area contributed by atoms with E-state index in [0.717, 1.165) is 24.2 Å². The van der Waals surface area contributed by atoms with Gasteiger partial charge in [-0.05, 0) is 43.9 Å². The first kappa shape index (κ1) is 14.3. The van der Waals surface area contributed by atoms with Gasteiger partial charge in [0.05, 0.1) is 11.6 Å². The average molecular weight is 258 g/mol. The van der Waals surface area contributed by atoms with E-state index in [-0.39, 0.29) is 12.5 Å². The van der Waals surface area contributed by atoms with Gasteiger partial charge in [0.1, 0.15) is 5.75 Å². The molecule has 0 aliphatic rings. The van der Waals surface area contributed by atoms with Gasteiger partial charge in [0.2, 0.25) is 0 Å². The number of nitrogens with two attached hydrogens (primary N) is 1. The van der Waals surface area contributed by atoms with E-state index < -0.39 is 0 Å². The molecule has 0 amide bonds. The van der Waals surface area contributed by atoms with E-state index in [1.165, 1.54) is 0 Å². The molecule has 1 aromatic carbocycles. The van der Waals surface area contributed by atoms with E-state index in [1.807, 2.05) is 25.1 Å². The molecular weight excluding hydrogens is 238 g/mol. The molecule has 0 spiro atoms. The number of halogens is 1. The molecule has 4 heteroatoms. The highest BCUT2D eigenvalue weighted by Gasteiger charge is 2.09.